The average Bonchev–Trinajstić information content (AvgIpc) is 3.99. The monoisotopic (exact) mass is 1030 g/mol. The maximum Gasteiger partial charge on any atom is 0.0628 e. The lowest BCUT2D eigenvalue weighted by Crippen LogP contribution is -2.61. The second-order valence-electron chi connectivity index (χ2n) is 20.3. The third-order valence-electron chi connectivity index (χ3n) is 17.2. The van der Waals surface area contributed by atoms with Crippen LogP contribution in [0.2, 0.25) is 0 Å². The summed E-state index contributed by atoms with van der Waals surface area (Å²) in [6.45, 7) is 19.1. The van der Waals surface area contributed by atoms with Crippen molar-refractivity contribution in [2.24, 2.45) is 47.3 Å². The summed E-state index contributed by atoms with van der Waals surface area (Å²) < 4.78 is 0. The molecule has 5 saturated heterocycles. The standard InChI is InChI=1S/C48H88N8S8/c1-9-57-33-17-25-26(18-34(33)58-10-2)42-49-41(25)53-43-27-19-35(59-11-3)36(60-12-4)20-28(27)45(50-43)55-47-31-23-39(63-15-7)40(64-16-8)24-32(31)48(52-47)56-46-30-22-38(62-14-6)37(61-13-5)21-29(30)44(51-46)54-42/h25-56H,9-24H2,1-8H3. The maximum absolute atomic E-state index is 4.52. The molecule has 9 fully saturated rings. The van der Waals surface area contributed by atoms with Crippen LogP contribution in [0.15, 0.2) is 0 Å². The van der Waals surface area contributed by atoms with Crippen LogP contribution in [0.5, 0.6) is 0 Å². The van der Waals surface area contributed by atoms with Crippen LogP contribution in [0.1, 0.15) is 107 Å². The lowest BCUT2D eigenvalue weighted by Gasteiger charge is -2.43. The smallest absolute Gasteiger partial charge is 0.0628 e. The molecule has 9 aliphatic rings. The molecule has 16 unspecified atom stereocenters. The molecule has 8 N–H and O–H groups in total. The van der Waals surface area contributed by atoms with E-state index in [1.165, 1.54) is 97.4 Å². The molecule has 5 heterocycles. The molecule has 9 rings (SSSR count). The van der Waals surface area contributed by atoms with Crippen LogP contribution in [0.4, 0.5) is 0 Å². The van der Waals surface area contributed by atoms with Gasteiger partial charge >= 0.3 is 0 Å². The second kappa shape index (κ2) is 24.0. The van der Waals surface area contributed by atoms with Crippen molar-refractivity contribution in [2.75, 3.05) is 46.0 Å². The van der Waals surface area contributed by atoms with E-state index in [0.29, 0.717) is 96.7 Å². The van der Waals surface area contributed by atoms with E-state index >= 15 is 0 Å². The minimum atomic E-state index is 0.308. The molecule has 4 saturated carbocycles. The summed E-state index contributed by atoms with van der Waals surface area (Å²) >= 11 is 18.1. The summed E-state index contributed by atoms with van der Waals surface area (Å²) in [5.74, 6) is 14.7. The predicted molar refractivity (Wildman–Crippen MR) is 296 cm³/mol. The Labute approximate surface area is 424 Å². The molecule has 4 aliphatic carbocycles. The molecular formula is C48H88N8S8. The Morgan fingerprint density at radius 1 is 0.219 bits per heavy atom. The number of nitrogens with one attached hydrogen (secondary N) is 8. The summed E-state index contributed by atoms with van der Waals surface area (Å²) in [5, 5.41) is 41.7. The Morgan fingerprint density at radius 3 is 0.422 bits per heavy atom. The van der Waals surface area contributed by atoms with Crippen LogP contribution in [0.25, 0.3) is 0 Å². The van der Waals surface area contributed by atoms with Crippen LogP contribution in [0, 0.1) is 47.3 Å². The van der Waals surface area contributed by atoms with Gasteiger partial charge in [-0.2, -0.15) is 94.1 Å². The van der Waals surface area contributed by atoms with Crippen molar-refractivity contribution >= 4 is 94.1 Å². The number of hydrogen-bond acceptors (Lipinski definition) is 16. The van der Waals surface area contributed by atoms with E-state index in [9.17, 15) is 0 Å². The number of hydrogen-bond donors (Lipinski definition) is 8. The highest BCUT2D eigenvalue weighted by Gasteiger charge is 2.58. The maximum atomic E-state index is 4.52. The summed E-state index contributed by atoms with van der Waals surface area (Å²) in [6.07, 6.45) is 13.0. The highest BCUT2D eigenvalue weighted by Crippen LogP contribution is 2.53. The molecule has 16 atom stereocenters. The van der Waals surface area contributed by atoms with Crippen molar-refractivity contribution in [2.45, 2.75) is 198 Å². The lowest BCUT2D eigenvalue weighted by molar-refractivity contribution is 0.175. The molecule has 0 amide bonds. The predicted octanol–water partition coefficient (Wildman–Crippen LogP) is 8.46. The fraction of sp³-hybridized carbons (Fsp3) is 1.00. The van der Waals surface area contributed by atoms with Crippen LogP contribution < -0.4 is 42.5 Å². The van der Waals surface area contributed by atoms with Gasteiger partial charge in [0.2, 0.25) is 0 Å². The molecule has 8 nitrogen and oxygen atoms in total. The highest BCUT2D eigenvalue weighted by molar-refractivity contribution is 8.05. The Hall–Kier alpha value is 2.48. The van der Waals surface area contributed by atoms with Gasteiger partial charge in [0.05, 0.1) is 49.3 Å². The molecule has 8 bridgehead atoms. The van der Waals surface area contributed by atoms with Crippen molar-refractivity contribution in [3.63, 3.8) is 0 Å². The fourth-order valence-electron chi connectivity index (χ4n) is 14.9. The zero-order valence-electron chi connectivity index (χ0n) is 40.4. The quantitative estimate of drug-likeness (QED) is 0.0760. The summed E-state index contributed by atoms with van der Waals surface area (Å²) in [4.78, 5) is 0. The number of rotatable bonds is 16. The normalized spacial score (nSPS) is 49.9. The van der Waals surface area contributed by atoms with Crippen molar-refractivity contribution in [3.8, 4) is 0 Å². The molecule has 0 aromatic heterocycles. The molecule has 0 radical (unpaired) electrons. The van der Waals surface area contributed by atoms with Crippen molar-refractivity contribution in [3.05, 3.63) is 0 Å². The second-order valence-corrected chi connectivity index (χ2v) is 32.4. The summed E-state index contributed by atoms with van der Waals surface area (Å²) in [7, 11) is 0. The molecule has 0 aromatic carbocycles. The molecule has 0 aromatic rings. The zero-order chi connectivity index (χ0) is 44.5. The molecule has 5 aliphatic heterocycles. The Bertz CT molecular complexity index is 1160. The van der Waals surface area contributed by atoms with Gasteiger partial charge in [-0.3, -0.25) is 42.5 Å². The van der Waals surface area contributed by atoms with Crippen molar-refractivity contribution in [1.29, 1.82) is 0 Å². The Morgan fingerprint density at radius 2 is 0.328 bits per heavy atom. The van der Waals surface area contributed by atoms with E-state index in [1.807, 2.05) is 0 Å². The summed E-state index contributed by atoms with van der Waals surface area (Å²) in [6, 6.07) is 0. The van der Waals surface area contributed by atoms with Crippen LogP contribution >= 0.6 is 94.1 Å². The number of thioether (sulfide) groups is 8. The fourth-order valence-corrected chi connectivity index (χ4v) is 25.6. The minimum Gasteiger partial charge on any atom is -0.286 e. The van der Waals surface area contributed by atoms with E-state index in [1.54, 1.807) is 0 Å². The van der Waals surface area contributed by atoms with Crippen LogP contribution in [-0.4, -0.2) is 137 Å². The highest BCUT2D eigenvalue weighted by atomic mass is 32.2. The van der Waals surface area contributed by atoms with Gasteiger partial charge in [-0.15, -0.1) is 0 Å². The first kappa shape index (κ1) is 51.4. The van der Waals surface area contributed by atoms with Gasteiger partial charge in [0.25, 0.3) is 0 Å². The van der Waals surface area contributed by atoms with Gasteiger partial charge in [0.15, 0.2) is 0 Å². The van der Waals surface area contributed by atoms with Gasteiger partial charge in [-0.25, -0.2) is 0 Å². The first-order valence-corrected chi connectivity index (χ1v) is 34.7. The first-order chi connectivity index (χ1) is 31.3. The molecular weight excluding hydrogens is 945 g/mol. The Kier molecular flexibility index (Phi) is 19.3. The molecule has 16 heteroatoms. The third-order valence-corrected chi connectivity index (χ3v) is 28.2. The van der Waals surface area contributed by atoms with E-state index < -0.39 is 0 Å². The van der Waals surface area contributed by atoms with Crippen molar-refractivity contribution in [1.82, 2.24) is 42.5 Å². The molecule has 368 valence electrons. The van der Waals surface area contributed by atoms with E-state index in [0.717, 1.165) is 42.0 Å². The van der Waals surface area contributed by atoms with E-state index in [2.05, 4.69) is 192 Å². The van der Waals surface area contributed by atoms with Gasteiger partial charge in [-0.05, 0) is 145 Å². The summed E-state index contributed by atoms with van der Waals surface area (Å²) in [5.41, 5.74) is 0. The van der Waals surface area contributed by atoms with Crippen molar-refractivity contribution < 1.29 is 0 Å². The largest absolute Gasteiger partial charge is 0.286 e. The van der Waals surface area contributed by atoms with Gasteiger partial charge in [0.1, 0.15) is 0 Å². The van der Waals surface area contributed by atoms with Gasteiger partial charge < -0.3 is 0 Å². The third kappa shape index (κ3) is 10.9. The first-order valence-electron chi connectivity index (χ1n) is 26.3. The SMILES string of the molecule is CCSC1CC2C3NC(NC4NC(NC5NC(NC6NC(N3)C3CC(SCC)C(SCC)CC63)C3CC(SCC)C(SCC)CC53)C3CC(SCC)C(SCC)CC43)C2CC1SCC. The zero-order valence-corrected chi connectivity index (χ0v) is 47.0. The topological polar surface area (TPSA) is 96.2 Å². The molecule has 64 heavy (non-hydrogen) atoms. The average molecular weight is 1030 g/mol. The van der Waals surface area contributed by atoms with Gasteiger partial charge in [-0.1, -0.05) is 55.4 Å². The van der Waals surface area contributed by atoms with E-state index in [4.69, 9.17) is 0 Å². The van der Waals surface area contributed by atoms with Gasteiger partial charge in [0, 0.05) is 42.0 Å². The van der Waals surface area contributed by atoms with Crippen LogP contribution in [0.3, 0.4) is 0 Å². The van der Waals surface area contributed by atoms with Crippen LogP contribution in [-0.2, 0) is 0 Å². The van der Waals surface area contributed by atoms with E-state index in [-0.39, 0.29) is 0 Å². The number of fused-ring (bicyclic) bond motifs is 20. The Balaban J connectivity index is 1.09. The lowest BCUT2D eigenvalue weighted by atomic mass is 9.75. The molecule has 0 spiro atoms. The minimum absolute atomic E-state index is 0.308.